The van der Waals surface area contributed by atoms with Gasteiger partial charge in [-0.25, -0.2) is 0 Å². The van der Waals surface area contributed by atoms with Crippen LogP contribution in [-0.2, 0) is 4.79 Å². The average Bonchev–Trinajstić information content (AvgIpc) is 3.01. The van der Waals surface area contributed by atoms with Crippen LogP contribution in [0.15, 0.2) is 90.5 Å². The molecule has 4 rings (SSSR count). The maximum Gasteiger partial charge on any atom is 0.262 e. The zero-order valence-electron chi connectivity index (χ0n) is 14.3. The molecule has 0 saturated carbocycles. The van der Waals surface area contributed by atoms with Gasteiger partial charge in [0.25, 0.3) is 5.91 Å². The van der Waals surface area contributed by atoms with Crippen molar-refractivity contribution in [1.29, 1.82) is 0 Å². The van der Waals surface area contributed by atoms with Crippen LogP contribution in [0.3, 0.4) is 0 Å². The molecule has 4 heteroatoms. The van der Waals surface area contributed by atoms with Crippen LogP contribution >= 0.6 is 23.2 Å². The molecule has 0 atom stereocenters. The number of hydrogen-bond acceptors (Lipinski definition) is 1. The molecule has 0 fully saturated rings. The van der Waals surface area contributed by atoms with Crippen molar-refractivity contribution in [2.45, 2.75) is 0 Å². The van der Waals surface area contributed by atoms with Crippen molar-refractivity contribution in [1.82, 2.24) is 0 Å². The van der Waals surface area contributed by atoms with Crippen LogP contribution in [-0.4, -0.2) is 5.91 Å². The highest BCUT2D eigenvalue weighted by molar-refractivity contribution is 6.31. The second-order valence-electron chi connectivity index (χ2n) is 6.17. The second kappa shape index (κ2) is 7.43. The summed E-state index contributed by atoms with van der Waals surface area (Å²) in [6, 6.07) is 24.5. The van der Waals surface area contributed by atoms with E-state index >= 15 is 0 Å². The lowest BCUT2D eigenvalue weighted by molar-refractivity contribution is -0.113. The predicted octanol–water partition coefficient (Wildman–Crippen LogP) is 6.46. The van der Waals surface area contributed by atoms with Crippen molar-refractivity contribution in [3.8, 4) is 0 Å². The van der Waals surface area contributed by atoms with E-state index in [1.54, 1.807) is 17.0 Å². The Morgan fingerprint density at radius 1 is 0.778 bits per heavy atom. The predicted molar refractivity (Wildman–Crippen MR) is 113 cm³/mol. The van der Waals surface area contributed by atoms with Gasteiger partial charge in [0.2, 0.25) is 0 Å². The average molecular weight is 392 g/mol. The maximum absolute atomic E-state index is 13.2. The van der Waals surface area contributed by atoms with Crippen LogP contribution in [0.1, 0.15) is 11.1 Å². The normalized spacial score (nSPS) is 15.3. The van der Waals surface area contributed by atoms with Gasteiger partial charge >= 0.3 is 0 Å². The van der Waals surface area contributed by atoms with Crippen LogP contribution in [0, 0.1) is 0 Å². The molecule has 0 radical (unpaired) electrons. The van der Waals surface area contributed by atoms with Crippen LogP contribution in [0.4, 0.5) is 5.69 Å². The van der Waals surface area contributed by atoms with Gasteiger partial charge in [-0.1, -0.05) is 71.7 Å². The lowest BCUT2D eigenvalue weighted by Crippen LogP contribution is -2.24. The number of rotatable bonds is 3. The molecule has 0 spiro atoms. The van der Waals surface area contributed by atoms with Gasteiger partial charge in [-0.05, 0) is 53.6 Å². The number of amides is 1. The highest BCUT2D eigenvalue weighted by Gasteiger charge is 2.30. The zero-order valence-corrected chi connectivity index (χ0v) is 15.8. The van der Waals surface area contributed by atoms with Gasteiger partial charge in [0.15, 0.2) is 0 Å². The van der Waals surface area contributed by atoms with Crippen molar-refractivity contribution in [3.05, 3.63) is 112 Å². The standard InChI is InChI=1S/C23H15Cl2NO/c24-19-11-9-16(10-12-19)13-18-14-22(17-5-2-1-3-6-17)26(23(18)27)21-8-4-7-20(25)15-21/h1-15H. The number of halogens is 2. The third-order valence-corrected chi connectivity index (χ3v) is 4.80. The Morgan fingerprint density at radius 2 is 1.52 bits per heavy atom. The molecular formula is C23H15Cl2NO. The van der Waals surface area contributed by atoms with Gasteiger partial charge in [-0.2, -0.15) is 0 Å². The molecule has 3 aromatic carbocycles. The summed E-state index contributed by atoms with van der Waals surface area (Å²) in [5.41, 5.74) is 4.05. The number of nitrogens with zero attached hydrogens (tertiary/aromatic N) is 1. The second-order valence-corrected chi connectivity index (χ2v) is 7.04. The molecule has 0 aliphatic carbocycles. The minimum absolute atomic E-state index is 0.0916. The van der Waals surface area contributed by atoms with E-state index in [0.717, 1.165) is 22.5 Å². The summed E-state index contributed by atoms with van der Waals surface area (Å²) in [6.45, 7) is 0. The SMILES string of the molecule is O=C1C(=Cc2ccc(Cl)cc2)C=C(c2ccccc2)N1c1cccc(Cl)c1. The number of hydrogen-bond donors (Lipinski definition) is 0. The van der Waals surface area contributed by atoms with Crippen molar-refractivity contribution in [2.75, 3.05) is 4.90 Å². The molecular weight excluding hydrogens is 377 g/mol. The van der Waals surface area contributed by atoms with Crippen LogP contribution in [0.25, 0.3) is 11.8 Å². The van der Waals surface area contributed by atoms with Gasteiger partial charge in [0, 0.05) is 15.6 Å². The minimum Gasteiger partial charge on any atom is -0.276 e. The first kappa shape index (κ1) is 17.6. The molecule has 27 heavy (non-hydrogen) atoms. The van der Waals surface area contributed by atoms with Crippen molar-refractivity contribution >= 4 is 46.6 Å². The molecule has 1 aliphatic heterocycles. The molecule has 1 heterocycles. The highest BCUT2D eigenvalue weighted by Crippen LogP contribution is 2.36. The van der Waals surface area contributed by atoms with E-state index in [-0.39, 0.29) is 5.91 Å². The number of carbonyl (C=O) groups is 1. The largest absolute Gasteiger partial charge is 0.276 e. The monoisotopic (exact) mass is 391 g/mol. The Hall–Kier alpha value is -2.81. The first-order valence-corrected chi connectivity index (χ1v) is 9.22. The van der Waals surface area contributed by atoms with E-state index in [2.05, 4.69) is 0 Å². The Morgan fingerprint density at radius 3 is 2.22 bits per heavy atom. The third kappa shape index (κ3) is 3.68. The summed E-state index contributed by atoms with van der Waals surface area (Å²) < 4.78 is 0. The van der Waals surface area contributed by atoms with Crippen LogP contribution in [0.5, 0.6) is 0 Å². The summed E-state index contributed by atoms with van der Waals surface area (Å²) in [5, 5.41) is 1.25. The fourth-order valence-electron chi connectivity index (χ4n) is 3.05. The lowest BCUT2D eigenvalue weighted by Gasteiger charge is -2.21. The fraction of sp³-hybridized carbons (Fsp3) is 0. The Kier molecular flexibility index (Phi) is 4.85. The van der Waals surface area contributed by atoms with Crippen LogP contribution in [0.2, 0.25) is 10.0 Å². The Bertz CT molecular complexity index is 1050. The van der Waals surface area contributed by atoms with Crippen molar-refractivity contribution < 1.29 is 4.79 Å². The van der Waals surface area contributed by atoms with Crippen LogP contribution < -0.4 is 4.90 Å². The number of benzene rings is 3. The molecule has 1 aliphatic rings. The molecule has 3 aromatic rings. The first-order valence-electron chi connectivity index (χ1n) is 8.46. The molecule has 132 valence electrons. The topological polar surface area (TPSA) is 20.3 Å². The van der Waals surface area contributed by atoms with E-state index in [9.17, 15) is 4.79 Å². The summed E-state index contributed by atoms with van der Waals surface area (Å²) in [7, 11) is 0. The quantitative estimate of drug-likeness (QED) is 0.468. The maximum atomic E-state index is 13.2. The summed E-state index contributed by atoms with van der Waals surface area (Å²) in [5.74, 6) is -0.0916. The third-order valence-electron chi connectivity index (χ3n) is 4.31. The highest BCUT2D eigenvalue weighted by atomic mass is 35.5. The first-order chi connectivity index (χ1) is 13.1. The van der Waals surface area contributed by atoms with E-state index in [0.29, 0.717) is 15.6 Å². The Balaban J connectivity index is 1.82. The van der Waals surface area contributed by atoms with Gasteiger partial charge in [0.1, 0.15) is 0 Å². The van der Waals surface area contributed by atoms with Gasteiger partial charge in [0.05, 0.1) is 11.4 Å². The smallest absolute Gasteiger partial charge is 0.262 e. The number of anilines is 1. The summed E-state index contributed by atoms with van der Waals surface area (Å²) in [6.07, 6.45) is 3.78. The Labute approximate surface area is 168 Å². The molecule has 0 N–H and O–H groups in total. The molecule has 2 nitrogen and oxygen atoms in total. The molecule has 0 unspecified atom stereocenters. The molecule has 1 amide bonds. The lowest BCUT2D eigenvalue weighted by atomic mass is 10.1. The van der Waals surface area contributed by atoms with E-state index in [1.165, 1.54) is 0 Å². The minimum atomic E-state index is -0.0916. The van der Waals surface area contributed by atoms with E-state index < -0.39 is 0 Å². The van der Waals surface area contributed by atoms with E-state index in [1.807, 2.05) is 78.9 Å². The summed E-state index contributed by atoms with van der Waals surface area (Å²) >= 11 is 12.1. The molecule has 0 aromatic heterocycles. The molecule has 0 saturated heterocycles. The molecule has 0 bridgehead atoms. The van der Waals surface area contributed by atoms with Crippen molar-refractivity contribution in [3.63, 3.8) is 0 Å². The van der Waals surface area contributed by atoms with Gasteiger partial charge in [-0.3, -0.25) is 9.69 Å². The van der Waals surface area contributed by atoms with Crippen molar-refractivity contribution in [2.24, 2.45) is 0 Å². The van der Waals surface area contributed by atoms with E-state index in [4.69, 9.17) is 23.2 Å². The van der Waals surface area contributed by atoms with Gasteiger partial charge < -0.3 is 0 Å². The zero-order chi connectivity index (χ0) is 18.8. The summed E-state index contributed by atoms with van der Waals surface area (Å²) in [4.78, 5) is 14.9. The van der Waals surface area contributed by atoms with Gasteiger partial charge in [-0.15, -0.1) is 0 Å². The number of carbonyl (C=O) groups excluding carboxylic acids is 1. The fourth-order valence-corrected chi connectivity index (χ4v) is 3.36.